The molecule has 0 radical (unpaired) electrons. The Morgan fingerprint density at radius 2 is 1.77 bits per heavy atom. The minimum Gasteiger partial charge on any atom is -0.396 e. The van der Waals surface area contributed by atoms with Crippen LogP contribution in [0, 0.1) is 5.92 Å². The van der Waals surface area contributed by atoms with E-state index in [4.69, 9.17) is 5.11 Å². The number of aliphatic hydroxyl groups excluding tert-OH is 1. The molecule has 0 aromatic heterocycles. The van der Waals surface area contributed by atoms with E-state index in [9.17, 15) is 4.79 Å². The number of hydrogen-bond donors (Lipinski definition) is 3. The van der Waals surface area contributed by atoms with Gasteiger partial charge in [0.05, 0.1) is 11.3 Å². The normalized spacial score (nSPS) is 11.7. The standard InChI is InChI=1S/C18H22N2O2/c1-14(11-12-21)13-19-18(22)16-9-5-6-10-17(16)20-15-7-3-2-4-8-15/h2-10,14,20-21H,11-13H2,1H3,(H,19,22). The van der Waals surface area contributed by atoms with Crippen LogP contribution in [-0.4, -0.2) is 24.2 Å². The van der Waals surface area contributed by atoms with Crippen molar-refractivity contribution in [2.24, 2.45) is 5.92 Å². The van der Waals surface area contributed by atoms with E-state index in [2.05, 4.69) is 10.6 Å². The van der Waals surface area contributed by atoms with Gasteiger partial charge in [0.25, 0.3) is 5.91 Å². The molecule has 2 rings (SSSR count). The van der Waals surface area contributed by atoms with E-state index >= 15 is 0 Å². The van der Waals surface area contributed by atoms with Crippen LogP contribution in [0.3, 0.4) is 0 Å². The molecular weight excluding hydrogens is 276 g/mol. The molecule has 0 aliphatic carbocycles. The molecule has 1 amide bonds. The Kier molecular flexibility index (Phi) is 5.98. The average molecular weight is 298 g/mol. The Hall–Kier alpha value is -2.33. The SMILES string of the molecule is CC(CCO)CNC(=O)c1ccccc1Nc1ccccc1. The highest BCUT2D eigenvalue weighted by atomic mass is 16.3. The fraction of sp³-hybridized carbons (Fsp3) is 0.278. The number of carbonyl (C=O) groups is 1. The van der Waals surface area contributed by atoms with Crippen LogP contribution in [0.5, 0.6) is 0 Å². The van der Waals surface area contributed by atoms with Gasteiger partial charge in [-0.2, -0.15) is 0 Å². The lowest BCUT2D eigenvalue weighted by Crippen LogP contribution is -2.29. The number of aliphatic hydroxyl groups is 1. The first-order valence-corrected chi connectivity index (χ1v) is 7.51. The molecular formula is C18H22N2O2. The maximum absolute atomic E-state index is 12.4. The first kappa shape index (κ1) is 16.0. The van der Waals surface area contributed by atoms with Crippen molar-refractivity contribution >= 4 is 17.3 Å². The number of amides is 1. The third-order valence-electron chi connectivity index (χ3n) is 3.46. The van der Waals surface area contributed by atoms with E-state index in [1.165, 1.54) is 0 Å². The molecule has 0 bridgehead atoms. The van der Waals surface area contributed by atoms with E-state index < -0.39 is 0 Å². The Bertz CT molecular complexity index is 599. The lowest BCUT2D eigenvalue weighted by molar-refractivity contribution is 0.0946. The molecule has 1 atom stereocenters. The number of rotatable bonds is 7. The van der Waals surface area contributed by atoms with Gasteiger partial charge in [-0.3, -0.25) is 4.79 Å². The molecule has 0 fully saturated rings. The summed E-state index contributed by atoms with van der Waals surface area (Å²) in [5, 5.41) is 15.1. The molecule has 0 aliphatic rings. The highest BCUT2D eigenvalue weighted by Gasteiger charge is 2.12. The van der Waals surface area contributed by atoms with E-state index in [1.807, 2.05) is 55.5 Å². The molecule has 1 unspecified atom stereocenters. The molecule has 22 heavy (non-hydrogen) atoms. The summed E-state index contributed by atoms with van der Waals surface area (Å²) >= 11 is 0. The Morgan fingerprint density at radius 1 is 1.09 bits per heavy atom. The van der Waals surface area contributed by atoms with Gasteiger partial charge in [-0.25, -0.2) is 0 Å². The summed E-state index contributed by atoms with van der Waals surface area (Å²) in [5.74, 6) is 0.145. The Morgan fingerprint density at radius 3 is 2.50 bits per heavy atom. The van der Waals surface area contributed by atoms with Crippen molar-refractivity contribution in [2.75, 3.05) is 18.5 Å². The van der Waals surface area contributed by atoms with Gasteiger partial charge in [0.15, 0.2) is 0 Å². The van der Waals surface area contributed by atoms with Crippen molar-refractivity contribution in [1.29, 1.82) is 0 Å². The van der Waals surface area contributed by atoms with Crippen molar-refractivity contribution in [2.45, 2.75) is 13.3 Å². The van der Waals surface area contributed by atoms with Crippen LogP contribution >= 0.6 is 0 Å². The van der Waals surface area contributed by atoms with Crippen molar-refractivity contribution in [3.05, 3.63) is 60.2 Å². The van der Waals surface area contributed by atoms with Gasteiger partial charge in [0, 0.05) is 18.8 Å². The van der Waals surface area contributed by atoms with Crippen LogP contribution < -0.4 is 10.6 Å². The van der Waals surface area contributed by atoms with Gasteiger partial charge in [-0.05, 0) is 36.6 Å². The predicted octanol–water partition coefficient (Wildman–Crippen LogP) is 3.18. The minimum atomic E-state index is -0.108. The summed E-state index contributed by atoms with van der Waals surface area (Å²) < 4.78 is 0. The van der Waals surface area contributed by atoms with Crippen molar-refractivity contribution in [3.8, 4) is 0 Å². The molecule has 4 nitrogen and oxygen atoms in total. The summed E-state index contributed by atoms with van der Waals surface area (Å²) in [7, 11) is 0. The monoisotopic (exact) mass is 298 g/mol. The Labute approximate surface area is 131 Å². The molecule has 3 N–H and O–H groups in total. The Balaban J connectivity index is 2.06. The highest BCUT2D eigenvalue weighted by molar-refractivity contribution is 6.00. The van der Waals surface area contributed by atoms with Gasteiger partial charge in [-0.1, -0.05) is 37.3 Å². The second-order valence-electron chi connectivity index (χ2n) is 5.36. The molecule has 0 aliphatic heterocycles. The number of nitrogens with one attached hydrogen (secondary N) is 2. The van der Waals surface area contributed by atoms with Gasteiger partial charge < -0.3 is 15.7 Å². The van der Waals surface area contributed by atoms with Crippen LogP contribution in [-0.2, 0) is 0 Å². The second kappa shape index (κ2) is 8.20. The molecule has 116 valence electrons. The topological polar surface area (TPSA) is 61.4 Å². The van der Waals surface area contributed by atoms with Crippen LogP contribution in [0.15, 0.2) is 54.6 Å². The maximum Gasteiger partial charge on any atom is 0.253 e. The summed E-state index contributed by atoms with van der Waals surface area (Å²) in [6.45, 7) is 2.70. The number of para-hydroxylation sites is 2. The van der Waals surface area contributed by atoms with E-state index in [1.54, 1.807) is 6.07 Å². The number of carbonyl (C=O) groups excluding carboxylic acids is 1. The maximum atomic E-state index is 12.4. The second-order valence-corrected chi connectivity index (χ2v) is 5.36. The lowest BCUT2D eigenvalue weighted by atomic mass is 10.1. The van der Waals surface area contributed by atoms with E-state index in [0.29, 0.717) is 18.5 Å². The van der Waals surface area contributed by atoms with Crippen molar-refractivity contribution in [3.63, 3.8) is 0 Å². The van der Waals surface area contributed by atoms with Gasteiger partial charge in [0.2, 0.25) is 0 Å². The van der Waals surface area contributed by atoms with Crippen LogP contribution in [0.4, 0.5) is 11.4 Å². The highest BCUT2D eigenvalue weighted by Crippen LogP contribution is 2.20. The first-order valence-electron chi connectivity index (χ1n) is 7.51. The average Bonchev–Trinajstić information content (AvgIpc) is 2.54. The quantitative estimate of drug-likeness (QED) is 0.735. The summed E-state index contributed by atoms with van der Waals surface area (Å²) in [6.07, 6.45) is 0.685. The molecule has 0 saturated heterocycles. The molecule has 4 heteroatoms. The summed E-state index contributed by atoms with van der Waals surface area (Å²) in [6, 6.07) is 17.2. The molecule has 2 aromatic carbocycles. The van der Waals surface area contributed by atoms with Crippen LogP contribution in [0.2, 0.25) is 0 Å². The molecule has 0 spiro atoms. The molecule has 2 aromatic rings. The smallest absolute Gasteiger partial charge is 0.253 e. The van der Waals surface area contributed by atoms with Crippen molar-refractivity contribution in [1.82, 2.24) is 5.32 Å². The first-order chi connectivity index (χ1) is 10.7. The lowest BCUT2D eigenvalue weighted by Gasteiger charge is -2.14. The van der Waals surface area contributed by atoms with Crippen LogP contribution in [0.25, 0.3) is 0 Å². The number of hydrogen-bond acceptors (Lipinski definition) is 3. The third kappa shape index (κ3) is 4.60. The summed E-state index contributed by atoms with van der Waals surface area (Å²) in [4.78, 5) is 12.4. The predicted molar refractivity (Wildman–Crippen MR) is 89.4 cm³/mol. The summed E-state index contributed by atoms with van der Waals surface area (Å²) in [5.41, 5.74) is 2.33. The third-order valence-corrected chi connectivity index (χ3v) is 3.46. The number of benzene rings is 2. The zero-order valence-corrected chi connectivity index (χ0v) is 12.8. The van der Waals surface area contributed by atoms with Gasteiger partial charge in [0.1, 0.15) is 0 Å². The van der Waals surface area contributed by atoms with Gasteiger partial charge in [-0.15, -0.1) is 0 Å². The van der Waals surface area contributed by atoms with Crippen molar-refractivity contribution < 1.29 is 9.90 Å². The zero-order valence-electron chi connectivity index (χ0n) is 12.8. The zero-order chi connectivity index (χ0) is 15.8. The number of anilines is 2. The van der Waals surface area contributed by atoms with E-state index in [0.717, 1.165) is 11.4 Å². The fourth-order valence-electron chi connectivity index (χ4n) is 2.15. The van der Waals surface area contributed by atoms with Crippen LogP contribution in [0.1, 0.15) is 23.7 Å². The molecule has 0 heterocycles. The largest absolute Gasteiger partial charge is 0.396 e. The van der Waals surface area contributed by atoms with E-state index in [-0.39, 0.29) is 18.4 Å². The molecule has 0 saturated carbocycles. The van der Waals surface area contributed by atoms with Gasteiger partial charge >= 0.3 is 0 Å². The fourth-order valence-corrected chi connectivity index (χ4v) is 2.15. The minimum absolute atomic E-state index is 0.108.